The molecule has 0 N–H and O–H groups in total. The summed E-state index contributed by atoms with van der Waals surface area (Å²) in [5, 5.41) is 0. The van der Waals surface area contributed by atoms with Crippen molar-refractivity contribution in [3.8, 4) is 6.01 Å². The average molecular weight is 255 g/mol. The molecule has 4 nitrogen and oxygen atoms in total. The first-order valence-electron chi connectivity index (χ1n) is 4.97. The second-order valence-electron chi connectivity index (χ2n) is 3.37. The largest absolute Gasteiger partial charge is 0.459 e. The number of halogens is 3. The van der Waals surface area contributed by atoms with E-state index in [-0.39, 0.29) is 12.6 Å². The lowest BCUT2D eigenvalue weighted by Crippen LogP contribution is -2.10. The first-order valence-corrected chi connectivity index (χ1v) is 4.97. The van der Waals surface area contributed by atoms with Crippen LogP contribution < -0.4 is 4.74 Å². The maximum Gasteiger partial charge on any atom is 0.433 e. The number of hydrogen-bond acceptors (Lipinski definition) is 4. The second kappa shape index (κ2) is 4.99. The third-order valence-corrected chi connectivity index (χ3v) is 2.01. The van der Waals surface area contributed by atoms with Gasteiger partial charge in [0.15, 0.2) is 5.69 Å². The van der Waals surface area contributed by atoms with E-state index >= 15 is 0 Å². The quantitative estimate of drug-likeness (QED) is 0.845. The molecule has 0 aromatic carbocycles. The van der Waals surface area contributed by atoms with Crippen molar-refractivity contribution < 1.29 is 17.9 Å². The van der Waals surface area contributed by atoms with Crippen LogP contribution in [0, 0.1) is 0 Å². The van der Waals surface area contributed by atoms with Crippen LogP contribution in [0.25, 0.3) is 0 Å². The van der Waals surface area contributed by atoms with Gasteiger partial charge in [-0.25, -0.2) is 4.98 Å². The molecule has 0 fully saturated rings. The zero-order valence-electron chi connectivity index (χ0n) is 9.05. The molecule has 0 aliphatic heterocycles. The van der Waals surface area contributed by atoms with Crippen molar-refractivity contribution in [3.05, 3.63) is 48.0 Å². The molecule has 0 aliphatic rings. The van der Waals surface area contributed by atoms with Crippen LogP contribution in [0.3, 0.4) is 0 Å². The number of hydrogen-bond donors (Lipinski definition) is 0. The van der Waals surface area contributed by atoms with Gasteiger partial charge in [-0.05, 0) is 12.1 Å². The summed E-state index contributed by atoms with van der Waals surface area (Å²) in [6, 6.07) is 3.91. The molecule has 0 radical (unpaired) electrons. The van der Waals surface area contributed by atoms with Gasteiger partial charge in [0.05, 0.1) is 0 Å². The normalized spacial score (nSPS) is 11.3. The fourth-order valence-corrected chi connectivity index (χ4v) is 1.20. The van der Waals surface area contributed by atoms with Gasteiger partial charge in [-0.15, -0.1) is 0 Å². The fourth-order valence-electron chi connectivity index (χ4n) is 1.20. The lowest BCUT2D eigenvalue weighted by atomic mass is 10.3. The molecule has 0 spiro atoms. The third-order valence-electron chi connectivity index (χ3n) is 2.01. The van der Waals surface area contributed by atoms with E-state index in [4.69, 9.17) is 4.74 Å². The Labute approximate surface area is 100 Å². The van der Waals surface area contributed by atoms with E-state index in [1.165, 1.54) is 0 Å². The molecular weight excluding hydrogens is 247 g/mol. The molecule has 7 heteroatoms. The van der Waals surface area contributed by atoms with Crippen LogP contribution >= 0.6 is 0 Å². The molecule has 0 bridgehead atoms. The van der Waals surface area contributed by atoms with Crippen LogP contribution in [0.4, 0.5) is 13.2 Å². The van der Waals surface area contributed by atoms with Gasteiger partial charge < -0.3 is 4.74 Å². The number of nitrogens with zero attached hydrogens (tertiary/aromatic N) is 3. The minimum Gasteiger partial charge on any atom is -0.459 e. The smallest absolute Gasteiger partial charge is 0.433 e. The number of ether oxygens (including phenoxy) is 1. The van der Waals surface area contributed by atoms with Gasteiger partial charge in [0.1, 0.15) is 6.61 Å². The molecule has 2 aromatic rings. The Balaban J connectivity index is 2.06. The average Bonchev–Trinajstić information content (AvgIpc) is 2.37. The van der Waals surface area contributed by atoms with E-state index in [0.29, 0.717) is 0 Å². The lowest BCUT2D eigenvalue weighted by Gasteiger charge is -2.07. The van der Waals surface area contributed by atoms with Gasteiger partial charge in [0, 0.05) is 24.2 Å². The number of rotatable bonds is 3. The van der Waals surface area contributed by atoms with Crippen LogP contribution in [0.5, 0.6) is 6.01 Å². The molecule has 2 rings (SSSR count). The van der Waals surface area contributed by atoms with Gasteiger partial charge in [0.2, 0.25) is 0 Å². The molecule has 2 aromatic heterocycles. The molecule has 0 saturated carbocycles. The van der Waals surface area contributed by atoms with E-state index in [2.05, 4.69) is 15.0 Å². The van der Waals surface area contributed by atoms with E-state index in [1.54, 1.807) is 24.5 Å². The van der Waals surface area contributed by atoms with Crippen LogP contribution in [0.1, 0.15) is 11.3 Å². The SMILES string of the molecule is FC(F)(F)c1ccnc(OCc2cccnc2)n1. The lowest BCUT2D eigenvalue weighted by molar-refractivity contribution is -0.141. The number of alkyl halides is 3. The van der Waals surface area contributed by atoms with Gasteiger partial charge in [-0.3, -0.25) is 4.98 Å². The number of pyridine rings is 1. The summed E-state index contributed by atoms with van der Waals surface area (Å²) in [4.78, 5) is 10.7. The Hall–Kier alpha value is -2.18. The van der Waals surface area contributed by atoms with Crippen LogP contribution in [-0.2, 0) is 12.8 Å². The van der Waals surface area contributed by atoms with E-state index in [9.17, 15) is 13.2 Å². The summed E-state index contributed by atoms with van der Waals surface area (Å²) in [5.74, 6) is 0. The highest BCUT2D eigenvalue weighted by Gasteiger charge is 2.32. The minimum absolute atomic E-state index is 0.0646. The molecule has 0 saturated heterocycles. The summed E-state index contributed by atoms with van der Waals surface area (Å²) in [6.45, 7) is 0.0646. The standard InChI is InChI=1S/C11H8F3N3O/c12-11(13,14)9-3-5-16-10(17-9)18-7-8-2-1-4-15-6-8/h1-6H,7H2. The summed E-state index contributed by atoms with van der Waals surface area (Å²) in [7, 11) is 0. The van der Waals surface area contributed by atoms with Crippen LogP contribution in [0.15, 0.2) is 36.8 Å². The number of aromatic nitrogens is 3. The Morgan fingerprint density at radius 1 is 1.17 bits per heavy atom. The van der Waals surface area contributed by atoms with Crippen molar-refractivity contribution in [1.82, 2.24) is 15.0 Å². The van der Waals surface area contributed by atoms with Crippen molar-refractivity contribution in [2.75, 3.05) is 0 Å². The van der Waals surface area contributed by atoms with Gasteiger partial charge in [-0.1, -0.05) is 6.07 Å². The van der Waals surface area contributed by atoms with Crippen LogP contribution in [0.2, 0.25) is 0 Å². The first-order chi connectivity index (χ1) is 8.55. The zero-order valence-corrected chi connectivity index (χ0v) is 9.05. The second-order valence-corrected chi connectivity index (χ2v) is 3.37. The topological polar surface area (TPSA) is 47.9 Å². The van der Waals surface area contributed by atoms with Crippen LogP contribution in [-0.4, -0.2) is 15.0 Å². The molecule has 18 heavy (non-hydrogen) atoms. The summed E-state index contributed by atoms with van der Waals surface area (Å²) in [5.41, 5.74) is -0.308. The predicted molar refractivity (Wildman–Crippen MR) is 55.6 cm³/mol. The molecule has 0 amide bonds. The molecule has 0 atom stereocenters. The van der Waals surface area contributed by atoms with Crippen molar-refractivity contribution in [2.24, 2.45) is 0 Å². The third kappa shape index (κ3) is 3.16. The molecule has 94 valence electrons. The highest BCUT2D eigenvalue weighted by Crippen LogP contribution is 2.27. The maximum atomic E-state index is 12.4. The summed E-state index contributed by atoms with van der Waals surface area (Å²) >= 11 is 0. The van der Waals surface area contributed by atoms with E-state index < -0.39 is 11.9 Å². The highest BCUT2D eigenvalue weighted by molar-refractivity contribution is 5.11. The van der Waals surface area contributed by atoms with Crippen molar-refractivity contribution in [3.63, 3.8) is 0 Å². The van der Waals surface area contributed by atoms with Gasteiger partial charge >= 0.3 is 12.2 Å². The van der Waals surface area contributed by atoms with Gasteiger partial charge in [-0.2, -0.15) is 18.2 Å². The Morgan fingerprint density at radius 3 is 2.67 bits per heavy atom. The molecule has 0 aliphatic carbocycles. The van der Waals surface area contributed by atoms with Gasteiger partial charge in [0.25, 0.3) is 0 Å². The molecule has 2 heterocycles. The maximum absolute atomic E-state index is 12.4. The Bertz CT molecular complexity index is 516. The van der Waals surface area contributed by atoms with E-state index in [1.807, 2.05) is 0 Å². The Morgan fingerprint density at radius 2 is 2.00 bits per heavy atom. The highest BCUT2D eigenvalue weighted by atomic mass is 19.4. The predicted octanol–water partition coefficient (Wildman–Crippen LogP) is 2.47. The Kier molecular flexibility index (Phi) is 3.40. The minimum atomic E-state index is -4.50. The monoisotopic (exact) mass is 255 g/mol. The van der Waals surface area contributed by atoms with Crippen molar-refractivity contribution >= 4 is 0 Å². The fraction of sp³-hybridized carbons (Fsp3) is 0.182. The summed E-state index contributed by atoms with van der Waals surface area (Å²) < 4.78 is 42.2. The van der Waals surface area contributed by atoms with E-state index in [0.717, 1.165) is 17.8 Å². The molecular formula is C11H8F3N3O. The molecule has 0 unspecified atom stereocenters. The first kappa shape index (κ1) is 12.3. The van der Waals surface area contributed by atoms with Crippen molar-refractivity contribution in [2.45, 2.75) is 12.8 Å². The van der Waals surface area contributed by atoms with Crippen molar-refractivity contribution in [1.29, 1.82) is 0 Å². The zero-order chi connectivity index (χ0) is 13.0. The summed E-state index contributed by atoms with van der Waals surface area (Å²) in [6.07, 6.45) is -0.359.